The van der Waals surface area contributed by atoms with Gasteiger partial charge in [-0.3, -0.25) is 14.9 Å². The van der Waals surface area contributed by atoms with Crippen LogP contribution in [0.2, 0.25) is 10.0 Å². The third-order valence-electron chi connectivity index (χ3n) is 6.35. The number of ether oxygens (including phenoxy) is 1. The summed E-state index contributed by atoms with van der Waals surface area (Å²) in [6, 6.07) is 13.3. The SMILES string of the molecule is CC(Oc1ccc2[nH]nc(C(=O)Nc3ccc(N4CCN(C)CC4)cc3)c2c1)c1c(Cl)cncc1Cl. The predicted molar refractivity (Wildman–Crippen MR) is 143 cm³/mol. The topological polar surface area (TPSA) is 86.4 Å². The Hall–Kier alpha value is -3.33. The maximum absolute atomic E-state index is 13.1. The van der Waals surface area contributed by atoms with Gasteiger partial charge in [-0.05, 0) is 56.4 Å². The van der Waals surface area contributed by atoms with Gasteiger partial charge in [-0.25, -0.2) is 0 Å². The quantitative estimate of drug-likeness (QED) is 0.350. The second-order valence-corrected chi connectivity index (χ2v) is 9.66. The maximum atomic E-state index is 13.1. The van der Waals surface area contributed by atoms with Crippen LogP contribution >= 0.6 is 23.2 Å². The summed E-state index contributed by atoms with van der Waals surface area (Å²) in [4.78, 5) is 21.7. The van der Waals surface area contributed by atoms with E-state index in [1.807, 2.05) is 37.3 Å². The number of amides is 1. The van der Waals surface area contributed by atoms with Crippen molar-refractivity contribution in [1.82, 2.24) is 20.1 Å². The molecule has 1 fully saturated rings. The van der Waals surface area contributed by atoms with Gasteiger partial charge < -0.3 is 19.9 Å². The Kier molecular flexibility index (Phi) is 7.00. The number of benzene rings is 2. The average molecular weight is 525 g/mol. The molecular formula is C26H26Cl2N6O2. The smallest absolute Gasteiger partial charge is 0.276 e. The molecule has 1 atom stereocenters. The first-order valence-corrected chi connectivity index (χ1v) is 12.4. The van der Waals surface area contributed by atoms with E-state index in [2.05, 4.69) is 37.3 Å². The highest BCUT2D eigenvalue weighted by Crippen LogP contribution is 2.33. The lowest BCUT2D eigenvalue weighted by Crippen LogP contribution is -2.44. The predicted octanol–water partition coefficient (Wildman–Crippen LogP) is 5.41. The van der Waals surface area contributed by atoms with Crippen LogP contribution in [0.3, 0.4) is 0 Å². The molecule has 2 N–H and O–H groups in total. The van der Waals surface area contributed by atoms with E-state index in [1.165, 1.54) is 12.4 Å². The lowest BCUT2D eigenvalue weighted by atomic mass is 10.1. The summed E-state index contributed by atoms with van der Waals surface area (Å²) < 4.78 is 6.09. The molecule has 2 aromatic carbocycles. The molecule has 186 valence electrons. The number of anilines is 2. The summed E-state index contributed by atoms with van der Waals surface area (Å²) in [6.45, 7) is 5.91. The number of aromatic nitrogens is 3. The molecule has 8 nitrogen and oxygen atoms in total. The lowest BCUT2D eigenvalue weighted by Gasteiger charge is -2.34. The number of pyridine rings is 1. The van der Waals surface area contributed by atoms with Gasteiger partial charge in [0.1, 0.15) is 11.9 Å². The molecule has 5 rings (SSSR count). The standard InChI is InChI=1S/C26H26Cl2N6O2/c1-16(24-21(27)14-29-15-22(24)28)36-19-7-8-23-20(13-19)25(32-31-23)26(35)30-17-3-5-18(6-4-17)34-11-9-33(2)10-12-34/h3-8,13-16H,9-12H2,1-2H3,(H,30,35)(H,31,32). The minimum Gasteiger partial charge on any atom is -0.486 e. The number of H-pyrrole nitrogens is 1. The van der Waals surface area contributed by atoms with Gasteiger partial charge in [0.25, 0.3) is 5.91 Å². The number of halogens is 2. The highest BCUT2D eigenvalue weighted by atomic mass is 35.5. The van der Waals surface area contributed by atoms with E-state index in [0.717, 1.165) is 37.4 Å². The van der Waals surface area contributed by atoms with Crippen LogP contribution in [0.15, 0.2) is 54.9 Å². The van der Waals surface area contributed by atoms with Crippen molar-refractivity contribution in [2.24, 2.45) is 0 Å². The van der Waals surface area contributed by atoms with Crippen LogP contribution in [0.5, 0.6) is 5.75 Å². The summed E-state index contributed by atoms with van der Waals surface area (Å²) in [5, 5.41) is 11.6. The van der Waals surface area contributed by atoms with Crippen molar-refractivity contribution in [2.45, 2.75) is 13.0 Å². The molecule has 1 aliphatic heterocycles. The molecule has 0 spiro atoms. The molecule has 2 aromatic heterocycles. The molecule has 3 heterocycles. The van der Waals surface area contributed by atoms with Crippen molar-refractivity contribution >= 4 is 51.4 Å². The Morgan fingerprint density at radius 2 is 1.75 bits per heavy atom. The summed E-state index contributed by atoms with van der Waals surface area (Å²) in [5.41, 5.74) is 3.52. The van der Waals surface area contributed by atoms with Gasteiger partial charge >= 0.3 is 0 Å². The lowest BCUT2D eigenvalue weighted by molar-refractivity contribution is 0.102. The summed E-state index contributed by atoms with van der Waals surface area (Å²) >= 11 is 12.5. The number of carbonyl (C=O) groups is 1. The molecular weight excluding hydrogens is 499 g/mol. The highest BCUT2D eigenvalue weighted by molar-refractivity contribution is 6.35. The van der Waals surface area contributed by atoms with Crippen molar-refractivity contribution in [2.75, 3.05) is 43.4 Å². The van der Waals surface area contributed by atoms with Crippen LogP contribution in [0, 0.1) is 0 Å². The van der Waals surface area contributed by atoms with Gasteiger partial charge in [-0.1, -0.05) is 23.2 Å². The summed E-state index contributed by atoms with van der Waals surface area (Å²) in [5.74, 6) is 0.255. The second kappa shape index (κ2) is 10.3. The van der Waals surface area contributed by atoms with Crippen LogP contribution in [0.25, 0.3) is 10.9 Å². The van der Waals surface area contributed by atoms with Crippen molar-refractivity contribution in [3.05, 3.63) is 76.2 Å². The summed E-state index contributed by atoms with van der Waals surface area (Å²) in [6.07, 6.45) is 2.64. The second-order valence-electron chi connectivity index (χ2n) is 8.85. The normalized spacial score (nSPS) is 15.2. The largest absolute Gasteiger partial charge is 0.486 e. The number of likely N-dealkylation sites (N-methyl/N-ethyl adjacent to an activating group) is 1. The molecule has 0 aliphatic carbocycles. The highest BCUT2D eigenvalue weighted by Gasteiger charge is 2.19. The third-order valence-corrected chi connectivity index (χ3v) is 6.96. The summed E-state index contributed by atoms with van der Waals surface area (Å²) in [7, 11) is 2.14. The molecule has 1 unspecified atom stereocenters. The molecule has 4 aromatic rings. The van der Waals surface area contributed by atoms with E-state index in [4.69, 9.17) is 27.9 Å². The van der Waals surface area contributed by atoms with Crippen LogP contribution in [-0.2, 0) is 0 Å². The maximum Gasteiger partial charge on any atom is 0.276 e. The number of nitrogens with one attached hydrogen (secondary N) is 2. The van der Waals surface area contributed by atoms with Crippen molar-refractivity contribution in [3.8, 4) is 5.75 Å². The molecule has 1 saturated heterocycles. The van der Waals surface area contributed by atoms with Gasteiger partial charge in [0.2, 0.25) is 0 Å². The Morgan fingerprint density at radius 1 is 1.06 bits per heavy atom. The minimum atomic E-state index is -0.423. The van der Waals surface area contributed by atoms with Crippen LogP contribution < -0.4 is 15.0 Å². The first-order valence-electron chi connectivity index (χ1n) is 11.7. The molecule has 0 radical (unpaired) electrons. The first kappa shape index (κ1) is 24.4. The van der Waals surface area contributed by atoms with Crippen LogP contribution in [-0.4, -0.2) is 59.2 Å². The fourth-order valence-electron chi connectivity index (χ4n) is 4.32. The van der Waals surface area contributed by atoms with Gasteiger partial charge in [0, 0.05) is 60.9 Å². The average Bonchev–Trinajstić information content (AvgIpc) is 3.28. The number of hydrogen-bond acceptors (Lipinski definition) is 6. The number of hydrogen-bond donors (Lipinski definition) is 2. The van der Waals surface area contributed by atoms with E-state index in [9.17, 15) is 4.79 Å². The number of carbonyl (C=O) groups excluding carboxylic acids is 1. The monoisotopic (exact) mass is 524 g/mol. The third kappa shape index (κ3) is 5.11. The molecule has 0 saturated carbocycles. The molecule has 0 bridgehead atoms. The number of rotatable bonds is 6. The van der Waals surface area contributed by atoms with Gasteiger partial charge in [-0.2, -0.15) is 5.10 Å². The van der Waals surface area contributed by atoms with Gasteiger partial charge in [0.15, 0.2) is 5.69 Å². The fourth-order valence-corrected chi connectivity index (χ4v) is 4.99. The minimum absolute atomic E-state index is 0.284. The van der Waals surface area contributed by atoms with Crippen molar-refractivity contribution < 1.29 is 9.53 Å². The van der Waals surface area contributed by atoms with E-state index < -0.39 is 6.10 Å². The van der Waals surface area contributed by atoms with Crippen LogP contribution in [0.4, 0.5) is 11.4 Å². The number of aromatic amines is 1. The number of piperazine rings is 1. The zero-order valence-electron chi connectivity index (χ0n) is 20.0. The molecule has 1 aliphatic rings. The number of fused-ring (bicyclic) bond motifs is 1. The van der Waals surface area contributed by atoms with Crippen molar-refractivity contribution in [1.29, 1.82) is 0 Å². The van der Waals surface area contributed by atoms with Gasteiger partial charge in [-0.15, -0.1) is 0 Å². The zero-order valence-corrected chi connectivity index (χ0v) is 21.5. The van der Waals surface area contributed by atoms with E-state index >= 15 is 0 Å². The molecule has 36 heavy (non-hydrogen) atoms. The fraction of sp³-hybridized carbons (Fsp3) is 0.269. The van der Waals surface area contributed by atoms with Crippen molar-refractivity contribution in [3.63, 3.8) is 0 Å². The van der Waals surface area contributed by atoms with Crippen LogP contribution in [0.1, 0.15) is 29.1 Å². The Morgan fingerprint density at radius 3 is 2.44 bits per heavy atom. The van der Waals surface area contributed by atoms with Gasteiger partial charge in [0.05, 0.1) is 15.6 Å². The van der Waals surface area contributed by atoms with E-state index in [1.54, 1.807) is 12.1 Å². The molecule has 1 amide bonds. The number of nitrogens with zero attached hydrogens (tertiary/aromatic N) is 4. The zero-order chi connectivity index (χ0) is 25.2. The van der Waals surface area contributed by atoms with E-state index in [0.29, 0.717) is 32.4 Å². The first-order chi connectivity index (χ1) is 17.4. The van der Waals surface area contributed by atoms with E-state index in [-0.39, 0.29) is 11.6 Å². The molecule has 10 heteroatoms. The Bertz CT molecular complexity index is 1360. The Balaban J connectivity index is 1.30. The Labute approximate surface area is 219 Å².